The summed E-state index contributed by atoms with van der Waals surface area (Å²) in [5, 5.41) is 8.76. The molecular formula is C10H15NO3. The third-order valence-corrected chi connectivity index (χ3v) is 2.10. The first kappa shape index (κ1) is 10.8. The quantitative estimate of drug-likeness (QED) is 0.722. The van der Waals surface area contributed by atoms with Gasteiger partial charge in [0, 0.05) is 0 Å². The smallest absolute Gasteiger partial charge is 0.161 e. The fourth-order valence-corrected chi connectivity index (χ4v) is 1.20. The predicted octanol–water partition coefficient (Wildman–Crippen LogP) is 1.74. The van der Waals surface area contributed by atoms with Crippen molar-refractivity contribution in [3.63, 3.8) is 0 Å². The lowest BCUT2D eigenvalue weighted by Crippen LogP contribution is -2.13. The first-order valence-electron chi connectivity index (χ1n) is 4.34. The summed E-state index contributed by atoms with van der Waals surface area (Å²) >= 11 is 0. The van der Waals surface area contributed by atoms with E-state index in [1.807, 2.05) is 25.1 Å². The molecule has 0 aliphatic rings. The maximum Gasteiger partial charge on any atom is 0.161 e. The molecule has 1 aromatic rings. The van der Waals surface area contributed by atoms with Crippen molar-refractivity contribution in [1.29, 1.82) is 0 Å². The first-order valence-corrected chi connectivity index (χ1v) is 4.34. The van der Waals surface area contributed by atoms with Gasteiger partial charge in [-0.1, -0.05) is 6.07 Å². The second kappa shape index (κ2) is 4.83. The van der Waals surface area contributed by atoms with Crippen molar-refractivity contribution < 1.29 is 14.7 Å². The van der Waals surface area contributed by atoms with Crippen LogP contribution < -0.4 is 15.0 Å². The van der Waals surface area contributed by atoms with E-state index >= 15 is 0 Å². The summed E-state index contributed by atoms with van der Waals surface area (Å²) in [4.78, 5) is 0. The predicted molar refractivity (Wildman–Crippen MR) is 52.9 cm³/mol. The third kappa shape index (κ3) is 2.16. The molecule has 1 atom stereocenters. The number of ether oxygens (including phenoxy) is 2. The van der Waals surface area contributed by atoms with Crippen molar-refractivity contribution >= 4 is 0 Å². The molecule has 0 heterocycles. The molecule has 0 unspecified atom stereocenters. The Balaban J connectivity index is 3.01. The van der Waals surface area contributed by atoms with Gasteiger partial charge in [0.05, 0.1) is 20.3 Å². The molecular weight excluding hydrogens is 182 g/mol. The summed E-state index contributed by atoms with van der Waals surface area (Å²) in [7, 11) is 3.17. The Hall–Kier alpha value is -1.26. The fourth-order valence-electron chi connectivity index (χ4n) is 1.20. The van der Waals surface area contributed by atoms with Gasteiger partial charge in [-0.05, 0) is 24.6 Å². The van der Waals surface area contributed by atoms with Crippen LogP contribution in [0.3, 0.4) is 0 Å². The van der Waals surface area contributed by atoms with Gasteiger partial charge in [0.25, 0.3) is 0 Å². The Morgan fingerprint density at radius 1 is 1.21 bits per heavy atom. The van der Waals surface area contributed by atoms with E-state index in [9.17, 15) is 0 Å². The van der Waals surface area contributed by atoms with Gasteiger partial charge in [-0.2, -0.15) is 5.48 Å². The third-order valence-electron chi connectivity index (χ3n) is 2.10. The maximum atomic E-state index is 8.76. The van der Waals surface area contributed by atoms with Crippen LogP contribution in [-0.4, -0.2) is 19.4 Å². The Morgan fingerprint density at radius 2 is 1.86 bits per heavy atom. The van der Waals surface area contributed by atoms with Gasteiger partial charge >= 0.3 is 0 Å². The van der Waals surface area contributed by atoms with Crippen LogP contribution in [0.25, 0.3) is 0 Å². The van der Waals surface area contributed by atoms with Crippen molar-refractivity contribution in [2.45, 2.75) is 13.0 Å². The van der Waals surface area contributed by atoms with Gasteiger partial charge in [-0.15, -0.1) is 0 Å². The summed E-state index contributed by atoms with van der Waals surface area (Å²) in [6.45, 7) is 1.85. The number of hydrogen-bond acceptors (Lipinski definition) is 4. The van der Waals surface area contributed by atoms with Gasteiger partial charge in [-0.3, -0.25) is 0 Å². The van der Waals surface area contributed by atoms with E-state index < -0.39 is 0 Å². The van der Waals surface area contributed by atoms with Gasteiger partial charge in [0.1, 0.15) is 0 Å². The van der Waals surface area contributed by atoms with E-state index in [0.29, 0.717) is 11.5 Å². The van der Waals surface area contributed by atoms with E-state index in [-0.39, 0.29) is 6.04 Å². The van der Waals surface area contributed by atoms with E-state index in [1.165, 1.54) is 0 Å². The largest absolute Gasteiger partial charge is 0.493 e. The van der Waals surface area contributed by atoms with E-state index in [4.69, 9.17) is 14.7 Å². The number of hydrogen-bond donors (Lipinski definition) is 2. The van der Waals surface area contributed by atoms with Crippen molar-refractivity contribution in [3.8, 4) is 11.5 Å². The Kier molecular flexibility index (Phi) is 3.73. The molecule has 4 nitrogen and oxygen atoms in total. The van der Waals surface area contributed by atoms with Crippen molar-refractivity contribution in [3.05, 3.63) is 23.8 Å². The lowest BCUT2D eigenvalue weighted by molar-refractivity contribution is 0.133. The number of nitrogens with one attached hydrogen (secondary N) is 1. The molecule has 1 aromatic carbocycles. The average molecular weight is 197 g/mol. The monoisotopic (exact) mass is 197 g/mol. The minimum absolute atomic E-state index is 0.130. The highest BCUT2D eigenvalue weighted by Gasteiger charge is 2.08. The standard InChI is InChI=1S/C10H15NO3/c1-7(11-12)8-4-5-9(13-2)10(6-8)14-3/h4-7,11-12H,1-3H3/t7-/m1/s1. The highest BCUT2D eigenvalue weighted by atomic mass is 16.5. The Morgan fingerprint density at radius 3 is 2.36 bits per heavy atom. The zero-order valence-corrected chi connectivity index (χ0v) is 8.57. The molecule has 0 saturated heterocycles. The van der Waals surface area contributed by atoms with Gasteiger partial charge in [-0.25, -0.2) is 0 Å². The summed E-state index contributed by atoms with van der Waals surface area (Å²) in [6.07, 6.45) is 0. The van der Waals surface area contributed by atoms with Gasteiger partial charge < -0.3 is 14.7 Å². The highest BCUT2D eigenvalue weighted by molar-refractivity contribution is 5.43. The Labute approximate surface area is 83.4 Å². The maximum absolute atomic E-state index is 8.76. The van der Waals surface area contributed by atoms with Crippen LogP contribution >= 0.6 is 0 Å². The molecule has 14 heavy (non-hydrogen) atoms. The minimum Gasteiger partial charge on any atom is -0.493 e. The molecule has 0 aromatic heterocycles. The number of methoxy groups -OCH3 is 2. The molecule has 4 heteroatoms. The summed E-state index contributed by atoms with van der Waals surface area (Å²) < 4.78 is 10.2. The molecule has 0 fully saturated rings. The zero-order valence-electron chi connectivity index (χ0n) is 8.57. The first-order chi connectivity index (χ1) is 6.72. The molecule has 0 aliphatic carbocycles. The Bertz CT molecular complexity index is 301. The van der Waals surface area contributed by atoms with E-state index in [0.717, 1.165) is 5.56 Å². The van der Waals surface area contributed by atoms with Gasteiger partial charge in [0.2, 0.25) is 0 Å². The highest BCUT2D eigenvalue weighted by Crippen LogP contribution is 2.29. The van der Waals surface area contributed by atoms with Crippen LogP contribution in [-0.2, 0) is 0 Å². The molecule has 0 aliphatic heterocycles. The van der Waals surface area contributed by atoms with Gasteiger partial charge in [0.15, 0.2) is 11.5 Å². The molecule has 0 spiro atoms. The van der Waals surface area contributed by atoms with E-state index in [2.05, 4.69) is 5.48 Å². The number of hydroxylamine groups is 1. The summed E-state index contributed by atoms with van der Waals surface area (Å²) in [6, 6.07) is 5.37. The van der Waals surface area contributed by atoms with Crippen LogP contribution in [0.15, 0.2) is 18.2 Å². The molecule has 0 radical (unpaired) electrons. The molecule has 0 amide bonds. The van der Waals surface area contributed by atoms with E-state index in [1.54, 1.807) is 14.2 Å². The normalized spacial score (nSPS) is 12.3. The second-order valence-corrected chi connectivity index (χ2v) is 2.97. The number of benzene rings is 1. The molecule has 1 rings (SSSR count). The van der Waals surface area contributed by atoms with Crippen molar-refractivity contribution in [1.82, 2.24) is 5.48 Å². The lowest BCUT2D eigenvalue weighted by Gasteiger charge is -2.13. The van der Waals surface area contributed by atoms with Crippen molar-refractivity contribution in [2.75, 3.05) is 14.2 Å². The lowest BCUT2D eigenvalue weighted by atomic mass is 10.1. The van der Waals surface area contributed by atoms with Crippen LogP contribution in [0.4, 0.5) is 0 Å². The fraction of sp³-hybridized carbons (Fsp3) is 0.400. The summed E-state index contributed by atoms with van der Waals surface area (Å²) in [5.41, 5.74) is 3.11. The van der Waals surface area contributed by atoms with Crippen LogP contribution in [0.5, 0.6) is 11.5 Å². The van der Waals surface area contributed by atoms with Crippen LogP contribution in [0, 0.1) is 0 Å². The molecule has 0 saturated carbocycles. The second-order valence-electron chi connectivity index (χ2n) is 2.97. The van der Waals surface area contributed by atoms with Crippen molar-refractivity contribution in [2.24, 2.45) is 0 Å². The van der Waals surface area contributed by atoms with Crippen LogP contribution in [0.2, 0.25) is 0 Å². The molecule has 2 N–H and O–H groups in total. The topological polar surface area (TPSA) is 50.7 Å². The molecule has 0 bridgehead atoms. The molecule has 78 valence electrons. The number of rotatable bonds is 4. The minimum atomic E-state index is -0.130. The zero-order chi connectivity index (χ0) is 10.6. The summed E-state index contributed by atoms with van der Waals surface area (Å²) in [5.74, 6) is 1.34. The van der Waals surface area contributed by atoms with Crippen LogP contribution in [0.1, 0.15) is 18.5 Å². The average Bonchev–Trinajstić information content (AvgIpc) is 2.26. The SMILES string of the molecule is COc1ccc([C@@H](C)NO)cc1OC.